The zero-order valence-corrected chi connectivity index (χ0v) is 8.58. The lowest BCUT2D eigenvalue weighted by Crippen LogP contribution is -2.05. The fourth-order valence-corrected chi connectivity index (χ4v) is 0.433. The third kappa shape index (κ3) is 5.87. The van der Waals surface area contributed by atoms with Gasteiger partial charge in [0.15, 0.2) is 0 Å². The summed E-state index contributed by atoms with van der Waals surface area (Å²) in [7, 11) is 0. The summed E-state index contributed by atoms with van der Waals surface area (Å²) >= 11 is 0. The van der Waals surface area contributed by atoms with Crippen LogP contribution in [0.15, 0.2) is 11.6 Å². The Bertz CT molecular complexity index is 91.1. The molecule has 0 saturated carbocycles. The minimum Gasteiger partial charge on any atom is -0.0882 e. The molecule has 0 spiro atoms. The topological polar surface area (TPSA) is 0 Å². The van der Waals surface area contributed by atoms with E-state index < -0.39 is 0 Å². The second kappa shape index (κ2) is 5.52. The van der Waals surface area contributed by atoms with Crippen LogP contribution < -0.4 is 0 Å². The Labute approximate surface area is 66.3 Å². The maximum atomic E-state index is 2.22. The van der Waals surface area contributed by atoms with E-state index in [2.05, 4.69) is 40.7 Å². The molecule has 0 aliphatic heterocycles. The van der Waals surface area contributed by atoms with Crippen LogP contribution >= 0.6 is 0 Å². The average Bonchev–Trinajstić information content (AvgIpc) is 1.89. The van der Waals surface area contributed by atoms with Crippen molar-refractivity contribution in [2.75, 3.05) is 0 Å². The van der Waals surface area contributed by atoms with Gasteiger partial charge >= 0.3 is 0 Å². The van der Waals surface area contributed by atoms with Crippen LogP contribution in [-0.4, -0.2) is 0 Å². The molecular weight excluding hydrogens is 120 g/mol. The summed E-state index contributed by atoms with van der Waals surface area (Å²) in [5.74, 6) is 0. The summed E-state index contributed by atoms with van der Waals surface area (Å²) in [5, 5.41) is 0. The van der Waals surface area contributed by atoms with Gasteiger partial charge in [0.25, 0.3) is 0 Å². The molecule has 0 aromatic carbocycles. The quantitative estimate of drug-likeness (QED) is 0.448. The minimum absolute atomic E-state index is 0.370. The van der Waals surface area contributed by atoms with Crippen molar-refractivity contribution in [1.82, 2.24) is 0 Å². The van der Waals surface area contributed by atoms with E-state index in [4.69, 9.17) is 0 Å². The van der Waals surface area contributed by atoms with Crippen molar-refractivity contribution in [2.24, 2.45) is 5.41 Å². The molecule has 0 aromatic heterocycles. The Morgan fingerprint density at radius 3 is 1.40 bits per heavy atom. The van der Waals surface area contributed by atoms with E-state index in [0.29, 0.717) is 5.41 Å². The number of rotatable bonds is 0. The maximum Gasteiger partial charge on any atom is -0.0176 e. The predicted octanol–water partition coefficient (Wildman–Crippen LogP) is 4.02. The van der Waals surface area contributed by atoms with Crippen LogP contribution in [0.4, 0.5) is 0 Å². The van der Waals surface area contributed by atoms with Gasteiger partial charge in [-0.3, -0.25) is 0 Å². The summed E-state index contributed by atoms with van der Waals surface area (Å²) in [6.45, 7) is 14.9. The number of hydrogen-bond acceptors (Lipinski definition) is 0. The summed E-state index contributed by atoms with van der Waals surface area (Å²) in [6.07, 6.45) is 2.17. The molecule has 0 amide bonds. The average molecular weight is 142 g/mol. The lowest BCUT2D eigenvalue weighted by molar-refractivity contribution is 0.503. The molecule has 0 fully saturated rings. The highest BCUT2D eigenvalue weighted by Gasteiger charge is 2.09. The molecule has 0 aliphatic carbocycles. The Balaban J connectivity index is 0. The Morgan fingerprint density at radius 1 is 1.10 bits per heavy atom. The first-order valence-corrected chi connectivity index (χ1v) is 4.12. The molecule has 0 atom stereocenters. The van der Waals surface area contributed by atoms with Gasteiger partial charge in [0.1, 0.15) is 0 Å². The molecule has 0 aromatic rings. The van der Waals surface area contributed by atoms with Gasteiger partial charge in [0.2, 0.25) is 0 Å². The molecule has 0 N–H and O–H groups in total. The van der Waals surface area contributed by atoms with Crippen molar-refractivity contribution in [3.05, 3.63) is 11.6 Å². The fourth-order valence-electron chi connectivity index (χ4n) is 0.433. The van der Waals surface area contributed by atoms with Gasteiger partial charge in [-0.05, 0) is 19.3 Å². The Morgan fingerprint density at radius 2 is 1.40 bits per heavy atom. The van der Waals surface area contributed by atoms with E-state index in [1.807, 2.05) is 13.8 Å². The molecule has 0 heterocycles. The second-order valence-corrected chi connectivity index (χ2v) is 3.22. The van der Waals surface area contributed by atoms with E-state index in [0.717, 1.165) is 0 Å². The molecule has 0 unspecified atom stereocenters. The summed E-state index contributed by atoms with van der Waals surface area (Å²) < 4.78 is 0. The largest absolute Gasteiger partial charge is 0.0882 e. The molecule has 0 aliphatic rings. The molecular formula is C10H22. The van der Waals surface area contributed by atoms with E-state index in [1.165, 1.54) is 5.57 Å². The normalized spacial score (nSPS) is 12.1. The summed E-state index contributed by atoms with van der Waals surface area (Å²) in [6, 6.07) is 0. The van der Waals surface area contributed by atoms with E-state index in [-0.39, 0.29) is 0 Å². The predicted molar refractivity (Wildman–Crippen MR) is 50.2 cm³/mol. The van der Waals surface area contributed by atoms with Crippen molar-refractivity contribution in [2.45, 2.75) is 48.5 Å². The minimum atomic E-state index is 0.370. The highest BCUT2D eigenvalue weighted by Crippen LogP contribution is 2.23. The molecule has 0 bridgehead atoms. The van der Waals surface area contributed by atoms with E-state index in [1.54, 1.807) is 0 Å². The number of hydrogen-bond donors (Lipinski definition) is 0. The van der Waals surface area contributed by atoms with Crippen molar-refractivity contribution < 1.29 is 0 Å². The van der Waals surface area contributed by atoms with Crippen molar-refractivity contribution >= 4 is 0 Å². The third-order valence-corrected chi connectivity index (χ3v) is 1.62. The second-order valence-electron chi connectivity index (χ2n) is 3.22. The first kappa shape index (κ1) is 12.4. The molecule has 62 valence electrons. The van der Waals surface area contributed by atoms with Crippen LogP contribution in [-0.2, 0) is 0 Å². The van der Waals surface area contributed by atoms with Crippen molar-refractivity contribution in [3.8, 4) is 0 Å². The van der Waals surface area contributed by atoms with Crippen LogP contribution in [0.5, 0.6) is 0 Å². The number of allylic oxidation sites excluding steroid dienone is 2. The van der Waals surface area contributed by atoms with E-state index in [9.17, 15) is 0 Å². The van der Waals surface area contributed by atoms with Crippen molar-refractivity contribution in [1.29, 1.82) is 0 Å². The van der Waals surface area contributed by atoms with Crippen molar-refractivity contribution in [3.63, 3.8) is 0 Å². The maximum absolute atomic E-state index is 2.22. The van der Waals surface area contributed by atoms with Crippen LogP contribution in [0.2, 0.25) is 0 Å². The van der Waals surface area contributed by atoms with Crippen LogP contribution in [0.3, 0.4) is 0 Å². The lowest BCUT2D eigenvalue weighted by Gasteiger charge is -2.18. The first-order valence-electron chi connectivity index (χ1n) is 4.12. The van der Waals surface area contributed by atoms with Gasteiger partial charge in [-0.1, -0.05) is 46.3 Å². The van der Waals surface area contributed by atoms with Gasteiger partial charge in [0.05, 0.1) is 0 Å². The third-order valence-electron chi connectivity index (χ3n) is 1.62. The highest BCUT2D eigenvalue weighted by atomic mass is 14.1. The molecule has 0 saturated heterocycles. The Hall–Kier alpha value is -0.260. The zero-order valence-electron chi connectivity index (χ0n) is 8.58. The molecule has 0 radical (unpaired) electrons. The van der Waals surface area contributed by atoms with E-state index >= 15 is 0 Å². The Kier molecular flexibility index (Phi) is 6.85. The summed E-state index contributed by atoms with van der Waals surface area (Å²) in [4.78, 5) is 0. The SMILES string of the molecule is C/C=C(/C)C(C)(C)C.CC. The van der Waals surface area contributed by atoms with Gasteiger partial charge in [-0.2, -0.15) is 0 Å². The molecule has 0 rings (SSSR count). The smallest absolute Gasteiger partial charge is 0.0176 e. The fraction of sp³-hybridized carbons (Fsp3) is 0.800. The van der Waals surface area contributed by atoms with Gasteiger partial charge in [-0.25, -0.2) is 0 Å². The zero-order chi connectivity index (χ0) is 8.78. The molecule has 0 heteroatoms. The van der Waals surface area contributed by atoms with Crippen LogP contribution in [0.1, 0.15) is 48.5 Å². The first-order chi connectivity index (χ1) is 4.48. The van der Waals surface area contributed by atoms with Crippen LogP contribution in [0, 0.1) is 5.41 Å². The van der Waals surface area contributed by atoms with Crippen LogP contribution in [0.25, 0.3) is 0 Å². The molecule has 10 heavy (non-hydrogen) atoms. The lowest BCUT2D eigenvalue weighted by atomic mass is 9.88. The molecule has 0 nitrogen and oxygen atoms in total. The summed E-state index contributed by atoms with van der Waals surface area (Å²) in [5.41, 5.74) is 1.83. The highest BCUT2D eigenvalue weighted by molar-refractivity contribution is 5.05. The van der Waals surface area contributed by atoms with Gasteiger partial charge in [-0.15, -0.1) is 0 Å². The standard InChI is InChI=1S/C8H16.C2H6/c1-6-7(2)8(3,4)5;1-2/h6H,1-5H3;1-2H3/b7-6-;. The van der Waals surface area contributed by atoms with Gasteiger partial charge in [0, 0.05) is 0 Å². The van der Waals surface area contributed by atoms with Gasteiger partial charge < -0.3 is 0 Å². The monoisotopic (exact) mass is 142 g/mol.